The fraction of sp³-hybridized carbons (Fsp3) is 0.143. The largest absolute Gasteiger partial charge is 0.399 e. The molecule has 1 amide bonds. The number of nitrogen functional groups attached to an aromatic ring is 1. The lowest BCUT2D eigenvalue weighted by molar-refractivity contribution is 0.0764. The second-order valence-corrected chi connectivity index (χ2v) is 5.46. The molecule has 96 valence electrons. The van der Waals surface area contributed by atoms with Crippen LogP contribution < -0.4 is 5.73 Å². The van der Waals surface area contributed by atoms with E-state index in [9.17, 15) is 4.79 Å². The monoisotopic (exact) mass is 317 g/mol. The van der Waals surface area contributed by atoms with Crippen molar-refractivity contribution >= 4 is 27.5 Å². The Morgan fingerprint density at radius 1 is 1.32 bits per heavy atom. The molecular formula is C14H12BrN3O. The Labute approximate surface area is 119 Å². The number of rotatable bonds is 2. The average molecular weight is 318 g/mol. The molecule has 0 saturated heterocycles. The number of hydrogen-bond acceptors (Lipinski definition) is 3. The number of hydrogen-bond donors (Lipinski definition) is 1. The number of nitrogens with two attached hydrogens (primary N) is 1. The van der Waals surface area contributed by atoms with Crippen LogP contribution in [0.1, 0.15) is 21.6 Å². The zero-order valence-corrected chi connectivity index (χ0v) is 11.7. The topological polar surface area (TPSA) is 59.2 Å². The second kappa shape index (κ2) is 4.66. The first-order chi connectivity index (χ1) is 9.13. The molecule has 1 aliphatic rings. The van der Waals surface area contributed by atoms with Gasteiger partial charge in [0.25, 0.3) is 5.91 Å². The summed E-state index contributed by atoms with van der Waals surface area (Å²) < 4.78 is 0.931. The maximum atomic E-state index is 12.3. The summed E-state index contributed by atoms with van der Waals surface area (Å²) in [4.78, 5) is 18.3. The SMILES string of the molecule is Nc1ccc2c(c1)C(=O)N(Cc1ccc(Br)cn1)C2. The molecule has 0 aliphatic carbocycles. The van der Waals surface area contributed by atoms with Crippen molar-refractivity contribution in [2.24, 2.45) is 0 Å². The summed E-state index contributed by atoms with van der Waals surface area (Å²) in [6, 6.07) is 9.32. The molecule has 3 rings (SSSR count). The van der Waals surface area contributed by atoms with Crippen LogP contribution >= 0.6 is 15.9 Å². The summed E-state index contributed by atoms with van der Waals surface area (Å²) in [5.74, 6) is 0.0204. The van der Waals surface area contributed by atoms with E-state index in [0.29, 0.717) is 24.3 Å². The van der Waals surface area contributed by atoms with E-state index in [-0.39, 0.29) is 5.91 Å². The van der Waals surface area contributed by atoms with Crippen LogP contribution in [0.4, 0.5) is 5.69 Å². The predicted molar refractivity (Wildman–Crippen MR) is 76.4 cm³/mol. The van der Waals surface area contributed by atoms with E-state index in [4.69, 9.17) is 5.73 Å². The van der Waals surface area contributed by atoms with E-state index in [1.165, 1.54) is 0 Å². The molecule has 0 fully saturated rings. The summed E-state index contributed by atoms with van der Waals surface area (Å²) in [6.07, 6.45) is 1.74. The molecule has 19 heavy (non-hydrogen) atoms. The molecule has 0 unspecified atom stereocenters. The molecule has 0 radical (unpaired) electrons. The van der Waals surface area contributed by atoms with Crippen molar-refractivity contribution in [3.05, 3.63) is 57.8 Å². The van der Waals surface area contributed by atoms with E-state index in [1.807, 2.05) is 24.3 Å². The standard InChI is InChI=1S/C14H12BrN3O/c15-10-2-4-12(17-6-10)8-18-7-9-1-3-11(16)5-13(9)14(18)19/h1-6H,7-8,16H2. The van der Waals surface area contributed by atoms with Crippen molar-refractivity contribution in [2.75, 3.05) is 5.73 Å². The molecule has 0 atom stereocenters. The van der Waals surface area contributed by atoms with Crippen LogP contribution in [0.2, 0.25) is 0 Å². The molecule has 0 spiro atoms. The zero-order valence-electron chi connectivity index (χ0n) is 10.1. The summed E-state index contributed by atoms with van der Waals surface area (Å²) >= 11 is 3.34. The highest BCUT2D eigenvalue weighted by Gasteiger charge is 2.27. The van der Waals surface area contributed by atoms with E-state index in [1.54, 1.807) is 17.2 Å². The Balaban J connectivity index is 1.82. The van der Waals surface area contributed by atoms with Gasteiger partial charge in [-0.2, -0.15) is 0 Å². The Morgan fingerprint density at radius 2 is 2.16 bits per heavy atom. The molecule has 0 bridgehead atoms. The lowest BCUT2D eigenvalue weighted by atomic mass is 10.1. The van der Waals surface area contributed by atoms with Crippen molar-refractivity contribution in [3.8, 4) is 0 Å². The Morgan fingerprint density at radius 3 is 2.89 bits per heavy atom. The van der Waals surface area contributed by atoms with Crippen LogP contribution in [0.5, 0.6) is 0 Å². The third-order valence-corrected chi connectivity index (χ3v) is 3.62. The van der Waals surface area contributed by atoms with Crippen molar-refractivity contribution < 1.29 is 4.79 Å². The van der Waals surface area contributed by atoms with Crippen LogP contribution in [-0.4, -0.2) is 15.8 Å². The molecule has 2 N–H and O–H groups in total. The van der Waals surface area contributed by atoms with Crippen molar-refractivity contribution in [2.45, 2.75) is 13.1 Å². The number of amides is 1. The first-order valence-corrected chi connectivity index (χ1v) is 6.71. The van der Waals surface area contributed by atoms with Crippen molar-refractivity contribution in [3.63, 3.8) is 0 Å². The van der Waals surface area contributed by atoms with Crippen molar-refractivity contribution in [1.82, 2.24) is 9.88 Å². The lowest BCUT2D eigenvalue weighted by Gasteiger charge is -2.14. The predicted octanol–water partition coefficient (Wildman–Crippen LogP) is 2.58. The second-order valence-electron chi connectivity index (χ2n) is 4.55. The molecule has 1 aliphatic heterocycles. The maximum Gasteiger partial charge on any atom is 0.254 e. The number of benzene rings is 1. The molecule has 1 aromatic carbocycles. The van der Waals surface area contributed by atoms with Gasteiger partial charge in [-0.25, -0.2) is 0 Å². The van der Waals surface area contributed by atoms with Gasteiger partial charge in [0.15, 0.2) is 0 Å². The molecule has 4 nitrogen and oxygen atoms in total. The van der Waals surface area contributed by atoms with Gasteiger partial charge in [0.05, 0.1) is 12.2 Å². The van der Waals surface area contributed by atoms with Gasteiger partial charge in [-0.15, -0.1) is 0 Å². The number of halogens is 1. The molecule has 2 heterocycles. The quantitative estimate of drug-likeness (QED) is 0.866. The van der Waals surface area contributed by atoms with Crippen LogP contribution in [0, 0.1) is 0 Å². The summed E-state index contributed by atoms with van der Waals surface area (Å²) in [5, 5.41) is 0. The van der Waals surface area contributed by atoms with Gasteiger partial charge in [0.1, 0.15) is 0 Å². The zero-order chi connectivity index (χ0) is 13.4. The van der Waals surface area contributed by atoms with Crippen LogP contribution in [-0.2, 0) is 13.1 Å². The van der Waals surface area contributed by atoms with E-state index >= 15 is 0 Å². The first-order valence-electron chi connectivity index (χ1n) is 5.91. The van der Waals surface area contributed by atoms with Crippen molar-refractivity contribution in [1.29, 1.82) is 0 Å². The first kappa shape index (κ1) is 12.2. The molecule has 2 aromatic rings. The number of carbonyl (C=O) groups excluding carboxylic acids is 1. The number of aromatic nitrogens is 1. The fourth-order valence-corrected chi connectivity index (χ4v) is 2.44. The number of fused-ring (bicyclic) bond motifs is 1. The van der Waals surface area contributed by atoms with Crippen LogP contribution in [0.3, 0.4) is 0 Å². The maximum absolute atomic E-state index is 12.3. The number of carbonyl (C=O) groups is 1. The summed E-state index contributed by atoms with van der Waals surface area (Å²) in [7, 11) is 0. The fourth-order valence-electron chi connectivity index (χ4n) is 2.20. The summed E-state index contributed by atoms with van der Waals surface area (Å²) in [5.41, 5.74) is 8.94. The van der Waals surface area contributed by atoms with Gasteiger partial charge in [-0.05, 0) is 45.8 Å². The highest BCUT2D eigenvalue weighted by Crippen LogP contribution is 2.25. The third kappa shape index (κ3) is 2.33. The highest BCUT2D eigenvalue weighted by atomic mass is 79.9. The Bertz CT molecular complexity index is 640. The number of anilines is 1. The van der Waals surface area contributed by atoms with Crippen LogP contribution in [0.15, 0.2) is 41.0 Å². The van der Waals surface area contributed by atoms with Gasteiger partial charge < -0.3 is 10.6 Å². The third-order valence-electron chi connectivity index (χ3n) is 3.15. The Hall–Kier alpha value is -1.88. The van der Waals surface area contributed by atoms with Gasteiger partial charge in [-0.1, -0.05) is 6.07 Å². The van der Waals surface area contributed by atoms with Gasteiger partial charge in [-0.3, -0.25) is 9.78 Å². The minimum absolute atomic E-state index is 0.0204. The minimum Gasteiger partial charge on any atom is -0.399 e. The van der Waals surface area contributed by atoms with Gasteiger partial charge >= 0.3 is 0 Å². The average Bonchev–Trinajstić information content (AvgIpc) is 2.70. The van der Waals surface area contributed by atoms with E-state index in [2.05, 4.69) is 20.9 Å². The lowest BCUT2D eigenvalue weighted by Crippen LogP contribution is -2.23. The number of pyridine rings is 1. The van der Waals surface area contributed by atoms with Gasteiger partial charge in [0.2, 0.25) is 0 Å². The smallest absolute Gasteiger partial charge is 0.254 e. The van der Waals surface area contributed by atoms with E-state index < -0.39 is 0 Å². The molecule has 0 saturated carbocycles. The van der Waals surface area contributed by atoms with E-state index in [0.717, 1.165) is 15.7 Å². The number of nitrogens with zero attached hydrogens (tertiary/aromatic N) is 2. The highest BCUT2D eigenvalue weighted by molar-refractivity contribution is 9.10. The Kier molecular flexibility index (Phi) is 2.98. The molecular weight excluding hydrogens is 306 g/mol. The minimum atomic E-state index is 0.0204. The van der Waals surface area contributed by atoms with Crippen LogP contribution in [0.25, 0.3) is 0 Å². The molecule has 1 aromatic heterocycles. The summed E-state index contributed by atoms with van der Waals surface area (Å²) in [6.45, 7) is 1.13. The normalized spacial score (nSPS) is 13.7. The van der Waals surface area contributed by atoms with Gasteiger partial charge in [0, 0.05) is 28.5 Å². The molecule has 5 heteroatoms.